The number of esters is 1. The summed E-state index contributed by atoms with van der Waals surface area (Å²) in [6.07, 6.45) is 11.2. The molecule has 1 aromatic heterocycles. The quantitative estimate of drug-likeness (QED) is 0.265. The summed E-state index contributed by atoms with van der Waals surface area (Å²) in [4.78, 5) is 30.7. The molecule has 3 rings (SSSR count). The Bertz CT molecular complexity index is 1040. The first kappa shape index (κ1) is 26.0. The zero-order valence-corrected chi connectivity index (χ0v) is 22.3. The molecule has 0 aliphatic heterocycles. The lowest BCUT2D eigenvalue weighted by Gasteiger charge is -2.32. The number of aromatic amines is 1. The maximum Gasteiger partial charge on any atom is 0.328 e. The summed E-state index contributed by atoms with van der Waals surface area (Å²) in [7, 11) is 0.284. The second kappa shape index (κ2) is 11.2. The Kier molecular flexibility index (Phi) is 8.58. The van der Waals surface area contributed by atoms with Crippen molar-refractivity contribution in [3.63, 3.8) is 0 Å². The number of nitrogens with zero attached hydrogens (tertiary/aromatic N) is 1. The van der Waals surface area contributed by atoms with Gasteiger partial charge >= 0.3 is 5.97 Å². The molecule has 2 aromatic rings. The van der Waals surface area contributed by atoms with Crippen LogP contribution >= 0.6 is 0 Å². The van der Waals surface area contributed by atoms with Gasteiger partial charge in [0.15, 0.2) is 0 Å². The third kappa shape index (κ3) is 6.50. The predicted molar refractivity (Wildman–Crippen MR) is 142 cm³/mol. The summed E-state index contributed by atoms with van der Waals surface area (Å²) in [6.45, 7) is 13.3. The Morgan fingerprint density at radius 3 is 2.65 bits per heavy atom. The monoisotopic (exact) mass is 480 g/mol. The van der Waals surface area contributed by atoms with Crippen molar-refractivity contribution in [2.75, 3.05) is 13.7 Å². The Morgan fingerprint density at radius 1 is 1.26 bits per heavy atom. The Balaban J connectivity index is 1.79. The highest BCUT2D eigenvalue weighted by atomic mass is 28.3. The fourth-order valence-electron chi connectivity index (χ4n) is 5.17. The van der Waals surface area contributed by atoms with Gasteiger partial charge in [0.2, 0.25) is 5.91 Å². The number of allylic oxidation sites excluding steroid dienone is 3. The van der Waals surface area contributed by atoms with Crippen LogP contribution in [0.1, 0.15) is 25.3 Å². The van der Waals surface area contributed by atoms with Crippen molar-refractivity contribution in [1.29, 1.82) is 0 Å². The van der Waals surface area contributed by atoms with Crippen LogP contribution in [0.15, 0.2) is 55.3 Å². The highest BCUT2D eigenvalue weighted by molar-refractivity contribution is 6.76. The fraction of sp³-hybridized carbons (Fsp3) is 0.500. The summed E-state index contributed by atoms with van der Waals surface area (Å²) in [6, 6.07) is 8.54. The minimum absolute atomic E-state index is 0.101. The number of benzene rings is 1. The molecule has 5 nitrogen and oxygen atoms in total. The van der Waals surface area contributed by atoms with E-state index in [0.29, 0.717) is 24.8 Å². The molecule has 34 heavy (non-hydrogen) atoms. The van der Waals surface area contributed by atoms with Crippen LogP contribution < -0.4 is 0 Å². The van der Waals surface area contributed by atoms with Gasteiger partial charge in [-0.05, 0) is 48.3 Å². The van der Waals surface area contributed by atoms with Crippen LogP contribution in [0, 0.1) is 17.8 Å². The molecule has 1 aliphatic carbocycles. The van der Waals surface area contributed by atoms with E-state index in [2.05, 4.69) is 43.4 Å². The number of carbonyl (C=O) groups is 2. The molecule has 0 radical (unpaired) electrons. The summed E-state index contributed by atoms with van der Waals surface area (Å²) in [5.41, 5.74) is 2.03. The number of rotatable bonds is 10. The first-order valence-corrected chi connectivity index (χ1v) is 16.0. The van der Waals surface area contributed by atoms with Gasteiger partial charge in [-0.2, -0.15) is 0 Å². The summed E-state index contributed by atoms with van der Waals surface area (Å²) >= 11 is 0. The van der Waals surface area contributed by atoms with E-state index < -0.39 is 14.1 Å². The lowest BCUT2D eigenvalue weighted by atomic mass is 9.94. The fourth-order valence-corrected chi connectivity index (χ4v) is 6.01. The van der Waals surface area contributed by atoms with Crippen molar-refractivity contribution in [1.82, 2.24) is 9.88 Å². The zero-order chi connectivity index (χ0) is 24.9. The van der Waals surface area contributed by atoms with Gasteiger partial charge in [-0.1, -0.05) is 56.1 Å². The number of carbonyl (C=O) groups excluding carboxylic acids is 2. The minimum Gasteiger partial charge on any atom is -0.467 e. The first-order chi connectivity index (χ1) is 16.1. The Hall–Kier alpha value is -2.60. The number of methoxy groups -OCH3 is 1. The molecule has 1 aliphatic rings. The van der Waals surface area contributed by atoms with Crippen molar-refractivity contribution in [3.05, 3.63) is 60.8 Å². The van der Waals surface area contributed by atoms with Crippen molar-refractivity contribution in [2.24, 2.45) is 17.8 Å². The van der Waals surface area contributed by atoms with Crippen molar-refractivity contribution in [2.45, 2.75) is 57.9 Å². The van der Waals surface area contributed by atoms with Crippen LogP contribution in [0.25, 0.3) is 10.9 Å². The Morgan fingerprint density at radius 2 is 2.00 bits per heavy atom. The smallest absolute Gasteiger partial charge is 0.328 e. The normalized spacial score (nSPS) is 21.6. The lowest BCUT2D eigenvalue weighted by Crippen LogP contribution is -2.48. The van der Waals surface area contributed by atoms with Crippen LogP contribution in [0.5, 0.6) is 0 Å². The van der Waals surface area contributed by atoms with E-state index in [1.807, 2.05) is 36.5 Å². The number of amides is 1. The first-order valence-electron chi connectivity index (χ1n) is 12.3. The van der Waals surface area contributed by atoms with Gasteiger partial charge in [-0.15, -0.1) is 6.58 Å². The number of H-pyrrole nitrogens is 1. The summed E-state index contributed by atoms with van der Waals surface area (Å²) < 4.78 is 5.16. The van der Waals surface area contributed by atoms with Gasteiger partial charge in [0, 0.05) is 45.1 Å². The minimum atomic E-state index is -1.11. The SMILES string of the molecule is C=C[C@@H]1C[C@H](/C=C/C[Si](C)(C)C)CC1CN(C(C)=O)C(Cc1c[nH]c2ccccc12)C(=O)OC. The highest BCUT2D eigenvalue weighted by Crippen LogP contribution is 2.39. The lowest BCUT2D eigenvalue weighted by molar-refractivity contribution is -0.152. The molecule has 2 unspecified atom stereocenters. The second-order valence-corrected chi connectivity index (χ2v) is 16.4. The average molecular weight is 481 g/mol. The highest BCUT2D eigenvalue weighted by Gasteiger charge is 2.37. The summed E-state index contributed by atoms with van der Waals surface area (Å²) in [5, 5.41) is 1.07. The topological polar surface area (TPSA) is 62.4 Å². The molecule has 1 saturated carbocycles. The number of aromatic nitrogens is 1. The maximum absolute atomic E-state index is 12.9. The average Bonchev–Trinajstić information content (AvgIpc) is 3.38. The molecule has 6 heteroatoms. The van der Waals surface area contributed by atoms with Gasteiger partial charge in [-0.25, -0.2) is 4.79 Å². The number of ether oxygens (including phenoxy) is 1. The van der Waals surface area contributed by atoms with Crippen LogP contribution in [0.4, 0.5) is 0 Å². The van der Waals surface area contributed by atoms with E-state index in [0.717, 1.165) is 29.3 Å². The van der Waals surface area contributed by atoms with E-state index in [1.54, 1.807) is 11.8 Å². The largest absolute Gasteiger partial charge is 0.467 e. The molecule has 4 atom stereocenters. The maximum atomic E-state index is 12.9. The molecule has 1 aromatic carbocycles. The number of fused-ring (bicyclic) bond motifs is 1. The molecule has 1 amide bonds. The molecule has 1 fully saturated rings. The molecule has 0 saturated heterocycles. The number of para-hydroxylation sites is 1. The van der Waals surface area contributed by atoms with Crippen LogP contribution in [-0.4, -0.2) is 49.5 Å². The van der Waals surface area contributed by atoms with Crippen molar-refractivity contribution < 1.29 is 14.3 Å². The number of nitrogens with one attached hydrogen (secondary N) is 1. The van der Waals surface area contributed by atoms with E-state index in [-0.39, 0.29) is 17.8 Å². The number of hydrogen-bond donors (Lipinski definition) is 1. The molecular formula is C28H40N2O3Si. The van der Waals surface area contributed by atoms with Gasteiger partial charge in [0.25, 0.3) is 0 Å². The molecule has 0 spiro atoms. The molecular weight excluding hydrogens is 440 g/mol. The van der Waals surface area contributed by atoms with Crippen LogP contribution in [0.2, 0.25) is 25.7 Å². The second-order valence-electron chi connectivity index (χ2n) is 10.9. The van der Waals surface area contributed by atoms with Crippen LogP contribution in [-0.2, 0) is 20.7 Å². The van der Waals surface area contributed by atoms with E-state index in [1.165, 1.54) is 13.2 Å². The van der Waals surface area contributed by atoms with E-state index in [4.69, 9.17) is 4.74 Å². The van der Waals surface area contributed by atoms with Crippen molar-refractivity contribution >= 4 is 30.9 Å². The van der Waals surface area contributed by atoms with Gasteiger partial charge in [-0.3, -0.25) is 4.79 Å². The summed E-state index contributed by atoms with van der Waals surface area (Å²) in [5.74, 6) is 0.618. The number of hydrogen-bond acceptors (Lipinski definition) is 3. The standard InChI is InChI=1S/C28H40N2O3Si/c1-7-22-15-21(11-10-14-34(4,5)6)16-24(22)19-30(20(2)31)27(28(32)33-3)17-23-18-29-26-13-9-8-12-25(23)26/h7-13,18,21-22,24,27,29H,1,14-17,19H2,2-6H3/b11-10+/t21-,22+,24?,27?/m0/s1. The van der Waals surface area contributed by atoms with Gasteiger partial charge < -0.3 is 14.6 Å². The Labute approximate surface area is 205 Å². The predicted octanol–water partition coefficient (Wildman–Crippen LogP) is 5.82. The van der Waals surface area contributed by atoms with Gasteiger partial charge in [0.05, 0.1) is 7.11 Å². The zero-order valence-electron chi connectivity index (χ0n) is 21.3. The van der Waals surface area contributed by atoms with Gasteiger partial charge in [0.1, 0.15) is 6.04 Å². The molecule has 184 valence electrons. The van der Waals surface area contributed by atoms with E-state index in [9.17, 15) is 9.59 Å². The molecule has 1 N–H and O–H groups in total. The third-order valence-electron chi connectivity index (χ3n) is 7.00. The van der Waals surface area contributed by atoms with Crippen LogP contribution in [0.3, 0.4) is 0 Å². The van der Waals surface area contributed by atoms with Crippen molar-refractivity contribution in [3.8, 4) is 0 Å². The third-order valence-corrected chi connectivity index (χ3v) is 8.46. The molecule has 0 bridgehead atoms. The molecule has 1 heterocycles. The van der Waals surface area contributed by atoms with E-state index >= 15 is 0 Å².